The molecular formula is C13H14NO2PS. The molecule has 3 nitrogen and oxygen atoms in total. The Balaban J connectivity index is 2.15. The van der Waals surface area contributed by atoms with Crippen molar-refractivity contribution in [3.05, 3.63) is 40.9 Å². The maximum Gasteiger partial charge on any atom is 0.309 e. The highest BCUT2D eigenvalue weighted by Crippen LogP contribution is 2.28. The summed E-state index contributed by atoms with van der Waals surface area (Å²) in [5, 5.41) is 0.963. The van der Waals surface area contributed by atoms with Crippen LogP contribution < -0.4 is 0 Å². The number of rotatable bonds is 4. The number of hydrogen-bond donors (Lipinski definition) is 0. The van der Waals surface area contributed by atoms with Crippen LogP contribution in [0, 0.1) is 6.92 Å². The lowest BCUT2D eigenvalue weighted by Gasteiger charge is -2.00. The maximum atomic E-state index is 11.1. The number of thiazole rings is 1. The van der Waals surface area contributed by atoms with Crippen molar-refractivity contribution in [2.24, 2.45) is 0 Å². The van der Waals surface area contributed by atoms with E-state index in [2.05, 4.69) is 14.2 Å². The second-order valence-corrected chi connectivity index (χ2v) is 5.25. The molecule has 0 fully saturated rings. The second-order valence-electron chi connectivity index (χ2n) is 3.76. The van der Waals surface area contributed by atoms with E-state index in [0.717, 1.165) is 21.1 Å². The number of aryl methyl sites for hydroxylation is 1. The van der Waals surface area contributed by atoms with Gasteiger partial charge in [-0.05, 0) is 6.92 Å². The lowest BCUT2D eigenvalue weighted by molar-refractivity contribution is -0.141. The van der Waals surface area contributed by atoms with Crippen LogP contribution in [0.4, 0.5) is 0 Å². The topological polar surface area (TPSA) is 39.2 Å². The number of hydrogen-bond acceptors (Lipinski definition) is 4. The number of carbonyl (C=O) groups excluding carboxylic acids is 1. The largest absolute Gasteiger partial charge is 0.460 e. The molecular weight excluding hydrogens is 265 g/mol. The average molecular weight is 279 g/mol. The summed E-state index contributed by atoms with van der Waals surface area (Å²) in [7, 11) is 2.35. The Morgan fingerprint density at radius 1 is 1.39 bits per heavy atom. The van der Waals surface area contributed by atoms with E-state index in [9.17, 15) is 4.79 Å². The molecule has 0 amide bonds. The third kappa shape index (κ3) is 3.15. The van der Waals surface area contributed by atoms with Crippen molar-refractivity contribution in [3.63, 3.8) is 0 Å². The fourth-order valence-electron chi connectivity index (χ4n) is 1.47. The van der Waals surface area contributed by atoms with Gasteiger partial charge in [-0.3, -0.25) is 4.79 Å². The minimum absolute atomic E-state index is 0.214. The highest BCUT2D eigenvalue weighted by molar-refractivity contribution is 7.18. The molecule has 2 rings (SSSR count). The molecule has 0 saturated carbocycles. The van der Waals surface area contributed by atoms with Crippen molar-refractivity contribution in [2.45, 2.75) is 13.5 Å². The highest BCUT2D eigenvalue weighted by atomic mass is 32.1. The van der Waals surface area contributed by atoms with Gasteiger partial charge in [0, 0.05) is 5.56 Å². The van der Waals surface area contributed by atoms with Crippen LogP contribution in [0.1, 0.15) is 10.6 Å². The average Bonchev–Trinajstić information content (AvgIpc) is 2.78. The van der Waals surface area contributed by atoms with Crippen LogP contribution in [0.25, 0.3) is 10.6 Å². The van der Waals surface area contributed by atoms with Gasteiger partial charge < -0.3 is 4.74 Å². The van der Waals surface area contributed by atoms with Gasteiger partial charge in [0.2, 0.25) is 0 Å². The first-order chi connectivity index (χ1) is 8.70. The molecule has 0 saturated heterocycles. The highest BCUT2D eigenvalue weighted by Gasteiger charge is 2.10. The first-order valence-corrected chi connectivity index (χ1v) is 7.21. The zero-order valence-electron chi connectivity index (χ0n) is 10.1. The summed E-state index contributed by atoms with van der Waals surface area (Å²) in [4.78, 5) is 16.6. The molecule has 0 aliphatic rings. The van der Waals surface area contributed by atoms with Gasteiger partial charge in [0.25, 0.3) is 0 Å². The Bertz CT molecular complexity index is 539. The van der Waals surface area contributed by atoms with Crippen molar-refractivity contribution < 1.29 is 9.53 Å². The molecule has 0 spiro atoms. The summed E-state index contributed by atoms with van der Waals surface area (Å²) in [6.45, 7) is 2.25. The number of esters is 1. The SMILES string of the molecule is Cc1nc(-c2ccccc2)sc1COC(=O)CP. The van der Waals surface area contributed by atoms with Gasteiger partial charge in [0.1, 0.15) is 11.6 Å². The zero-order chi connectivity index (χ0) is 13.0. The first-order valence-electron chi connectivity index (χ1n) is 5.58. The van der Waals surface area contributed by atoms with Crippen molar-refractivity contribution in [2.75, 3.05) is 6.16 Å². The zero-order valence-corrected chi connectivity index (χ0v) is 12.0. The van der Waals surface area contributed by atoms with E-state index in [1.807, 2.05) is 37.3 Å². The van der Waals surface area contributed by atoms with Crippen molar-refractivity contribution in [1.82, 2.24) is 4.98 Å². The molecule has 0 aliphatic carbocycles. The van der Waals surface area contributed by atoms with E-state index < -0.39 is 0 Å². The van der Waals surface area contributed by atoms with Crippen LogP contribution in [0.3, 0.4) is 0 Å². The molecule has 5 heteroatoms. The molecule has 0 radical (unpaired) electrons. The minimum atomic E-state index is -0.214. The molecule has 18 heavy (non-hydrogen) atoms. The van der Waals surface area contributed by atoms with Crippen molar-refractivity contribution in [1.29, 1.82) is 0 Å². The predicted molar refractivity (Wildman–Crippen MR) is 76.7 cm³/mol. The molecule has 0 aliphatic heterocycles. The molecule has 0 bridgehead atoms. The fourth-order valence-corrected chi connectivity index (χ4v) is 2.57. The van der Waals surface area contributed by atoms with Gasteiger partial charge in [-0.2, -0.15) is 0 Å². The summed E-state index contributed by atoms with van der Waals surface area (Å²) < 4.78 is 5.12. The van der Waals surface area contributed by atoms with Gasteiger partial charge in [0.05, 0.1) is 16.7 Å². The van der Waals surface area contributed by atoms with Crippen LogP contribution in [-0.2, 0) is 16.1 Å². The van der Waals surface area contributed by atoms with Gasteiger partial charge in [-0.25, -0.2) is 4.98 Å². The summed E-state index contributed by atoms with van der Waals surface area (Å²) in [6.07, 6.45) is 0.323. The summed E-state index contributed by atoms with van der Waals surface area (Å²) >= 11 is 1.57. The molecule has 1 unspecified atom stereocenters. The monoisotopic (exact) mass is 279 g/mol. The number of aromatic nitrogens is 1. The lowest BCUT2D eigenvalue weighted by Crippen LogP contribution is -2.04. The molecule has 94 valence electrons. The Morgan fingerprint density at radius 3 is 2.78 bits per heavy atom. The standard InChI is InChI=1S/C13H14NO2PS/c1-9-11(7-16-12(15)8-17)18-13(14-9)10-5-3-2-4-6-10/h2-6H,7-8,17H2,1H3. The number of nitrogens with zero attached hydrogens (tertiary/aromatic N) is 1. The van der Waals surface area contributed by atoms with Crippen LogP contribution in [0.15, 0.2) is 30.3 Å². The molecule has 1 atom stereocenters. The summed E-state index contributed by atoms with van der Waals surface area (Å²) in [5.41, 5.74) is 2.02. The quantitative estimate of drug-likeness (QED) is 0.638. The Kier molecular flexibility index (Phi) is 4.45. The Labute approximate surface area is 112 Å². The van der Waals surface area contributed by atoms with Crippen molar-refractivity contribution in [3.8, 4) is 10.6 Å². The predicted octanol–water partition coefficient (Wildman–Crippen LogP) is 3.04. The van der Waals surface area contributed by atoms with E-state index in [0.29, 0.717) is 12.8 Å². The molecule has 0 N–H and O–H groups in total. The van der Waals surface area contributed by atoms with E-state index in [4.69, 9.17) is 4.74 Å². The fraction of sp³-hybridized carbons (Fsp3) is 0.231. The molecule has 1 aromatic carbocycles. The van der Waals surface area contributed by atoms with E-state index in [1.54, 1.807) is 11.3 Å². The molecule has 1 heterocycles. The third-order valence-corrected chi connectivity index (χ3v) is 3.96. The van der Waals surface area contributed by atoms with Crippen LogP contribution in [0.5, 0.6) is 0 Å². The third-order valence-electron chi connectivity index (χ3n) is 2.44. The van der Waals surface area contributed by atoms with Crippen LogP contribution in [-0.4, -0.2) is 17.1 Å². The van der Waals surface area contributed by atoms with Crippen LogP contribution in [0.2, 0.25) is 0 Å². The van der Waals surface area contributed by atoms with E-state index in [1.165, 1.54) is 0 Å². The molecule has 2 aromatic rings. The number of ether oxygens (including phenoxy) is 1. The second kappa shape index (κ2) is 6.07. The van der Waals surface area contributed by atoms with Gasteiger partial charge >= 0.3 is 5.97 Å². The minimum Gasteiger partial charge on any atom is -0.460 e. The normalized spacial score (nSPS) is 10.3. The van der Waals surface area contributed by atoms with Gasteiger partial charge in [-0.15, -0.1) is 20.6 Å². The first kappa shape index (κ1) is 13.2. The molecule has 1 aromatic heterocycles. The number of benzene rings is 1. The van der Waals surface area contributed by atoms with E-state index in [-0.39, 0.29) is 5.97 Å². The maximum absolute atomic E-state index is 11.1. The lowest BCUT2D eigenvalue weighted by atomic mass is 10.2. The summed E-state index contributed by atoms with van der Waals surface area (Å²) in [5.74, 6) is -0.214. The Hall–Kier alpha value is -1.25. The summed E-state index contributed by atoms with van der Waals surface area (Å²) in [6, 6.07) is 10.00. The smallest absolute Gasteiger partial charge is 0.309 e. The van der Waals surface area contributed by atoms with Gasteiger partial charge in [-0.1, -0.05) is 30.3 Å². The van der Waals surface area contributed by atoms with Crippen molar-refractivity contribution >= 4 is 26.5 Å². The van der Waals surface area contributed by atoms with E-state index >= 15 is 0 Å². The Morgan fingerprint density at radius 2 is 2.11 bits per heavy atom. The van der Waals surface area contributed by atoms with Gasteiger partial charge in [0.15, 0.2) is 0 Å². The van der Waals surface area contributed by atoms with Crippen LogP contribution >= 0.6 is 20.6 Å². The number of carbonyl (C=O) groups is 1.